The fourth-order valence-corrected chi connectivity index (χ4v) is 3.87. The molecule has 0 N–H and O–H groups in total. The molecule has 3 rings (SSSR count). The van der Waals surface area contributed by atoms with Gasteiger partial charge in [-0.2, -0.15) is 5.26 Å². The molecule has 0 unspecified atom stereocenters. The molecule has 3 aromatic rings. The smallest absolute Gasteiger partial charge is 0.216 e. The minimum atomic E-state index is -3.88. The number of rotatable bonds is 6. The van der Waals surface area contributed by atoms with E-state index >= 15 is 0 Å². The summed E-state index contributed by atoms with van der Waals surface area (Å²) in [7, 11) is -3.88. The van der Waals surface area contributed by atoms with Crippen molar-refractivity contribution >= 4 is 15.9 Å². The molecule has 0 saturated heterocycles. The van der Waals surface area contributed by atoms with Crippen LogP contribution in [0, 0.1) is 25.2 Å². The van der Waals surface area contributed by atoms with Crippen LogP contribution in [0.25, 0.3) is 6.08 Å². The molecule has 146 valence electrons. The summed E-state index contributed by atoms with van der Waals surface area (Å²) in [4.78, 5) is -0.209. The average molecular weight is 404 g/mol. The van der Waals surface area contributed by atoms with E-state index in [1.165, 1.54) is 23.8 Å². The number of nitrogens with zero attached hydrogens (tertiary/aromatic N) is 1. The van der Waals surface area contributed by atoms with E-state index in [0.717, 1.165) is 11.1 Å². The van der Waals surface area contributed by atoms with E-state index in [9.17, 15) is 13.7 Å². The number of benzene rings is 3. The lowest BCUT2D eigenvalue weighted by atomic mass is 10.1. The molecule has 0 saturated carbocycles. The van der Waals surface area contributed by atoms with Gasteiger partial charge in [0.1, 0.15) is 23.3 Å². The van der Waals surface area contributed by atoms with Crippen molar-refractivity contribution in [3.05, 3.63) is 100.0 Å². The van der Waals surface area contributed by atoms with Crippen LogP contribution >= 0.6 is 0 Å². The van der Waals surface area contributed by atoms with E-state index in [1.54, 1.807) is 36.4 Å². The van der Waals surface area contributed by atoms with Crippen LogP contribution < -0.4 is 4.74 Å². The van der Waals surface area contributed by atoms with Gasteiger partial charge >= 0.3 is 0 Å². The number of hydrogen-bond donors (Lipinski definition) is 0. The van der Waals surface area contributed by atoms with Gasteiger partial charge in [0, 0.05) is 0 Å². The number of ether oxygens (including phenoxy) is 1. The first-order chi connectivity index (χ1) is 13.9. The molecule has 0 aliphatic rings. The van der Waals surface area contributed by atoms with Crippen LogP contribution in [0.3, 0.4) is 0 Å². The fraction of sp³-hybridized carbons (Fsp3) is 0.125. The molecule has 0 aliphatic heterocycles. The normalized spacial score (nSPS) is 11.7. The van der Waals surface area contributed by atoms with Gasteiger partial charge in [-0.15, -0.1) is 0 Å². The Bertz CT molecular complexity index is 1170. The number of nitriles is 1. The maximum atomic E-state index is 12.8. The van der Waals surface area contributed by atoms with Crippen LogP contribution in [0.4, 0.5) is 0 Å². The minimum absolute atomic E-state index is 0.0997. The summed E-state index contributed by atoms with van der Waals surface area (Å²) in [6.07, 6.45) is 1.37. The second kappa shape index (κ2) is 8.76. The highest BCUT2D eigenvalue weighted by atomic mass is 32.2. The molecule has 0 fully saturated rings. The van der Waals surface area contributed by atoms with Crippen molar-refractivity contribution in [1.82, 2.24) is 0 Å². The Morgan fingerprint density at radius 3 is 2.21 bits per heavy atom. The first kappa shape index (κ1) is 20.4. The van der Waals surface area contributed by atoms with Crippen LogP contribution in [0.2, 0.25) is 0 Å². The van der Waals surface area contributed by atoms with Gasteiger partial charge < -0.3 is 4.74 Å². The third-order valence-electron chi connectivity index (χ3n) is 4.41. The van der Waals surface area contributed by atoms with E-state index in [1.807, 2.05) is 44.2 Å². The zero-order valence-electron chi connectivity index (χ0n) is 16.3. The van der Waals surface area contributed by atoms with Crippen molar-refractivity contribution in [1.29, 1.82) is 5.26 Å². The highest BCUT2D eigenvalue weighted by Crippen LogP contribution is 2.23. The lowest BCUT2D eigenvalue weighted by Gasteiger charge is -2.08. The monoisotopic (exact) mass is 403 g/mol. The zero-order chi connectivity index (χ0) is 20.9. The molecule has 0 atom stereocenters. The van der Waals surface area contributed by atoms with Crippen LogP contribution in [0.1, 0.15) is 22.3 Å². The topological polar surface area (TPSA) is 67.2 Å². The van der Waals surface area contributed by atoms with Gasteiger partial charge in [-0.3, -0.25) is 0 Å². The van der Waals surface area contributed by atoms with Crippen LogP contribution in [-0.4, -0.2) is 8.42 Å². The van der Waals surface area contributed by atoms with Crippen molar-refractivity contribution in [3.63, 3.8) is 0 Å². The van der Waals surface area contributed by atoms with Crippen molar-refractivity contribution in [2.24, 2.45) is 0 Å². The molecule has 4 nitrogen and oxygen atoms in total. The number of aryl methyl sites for hydroxylation is 2. The maximum Gasteiger partial charge on any atom is 0.216 e. The van der Waals surface area contributed by atoms with Gasteiger partial charge in [-0.25, -0.2) is 8.42 Å². The largest absolute Gasteiger partial charge is 0.489 e. The van der Waals surface area contributed by atoms with Crippen molar-refractivity contribution in [2.75, 3.05) is 0 Å². The SMILES string of the molecule is Cc1ccc(COc2cccc(/C=C(\C#N)S(=O)(=O)c3ccc(C)cc3)c2)cc1. The Hall–Kier alpha value is -3.36. The van der Waals surface area contributed by atoms with Gasteiger partial charge in [0.2, 0.25) is 9.84 Å². The summed E-state index contributed by atoms with van der Waals surface area (Å²) < 4.78 is 31.4. The molecule has 0 aromatic heterocycles. The van der Waals surface area contributed by atoms with E-state index in [-0.39, 0.29) is 9.80 Å². The predicted molar refractivity (Wildman–Crippen MR) is 114 cm³/mol. The molecular formula is C24H21NO3S. The summed E-state index contributed by atoms with van der Waals surface area (Å²) in [6.45, 7) is 4.30. The molecule has 0 spiro atoms. The van der Waals surface area contributed by atoms with E-state index in [0.29, 0.717) is 17.9 Å². The second-order valence-electron chi connectivity index (χ2n) is 6.78. The minimum Gasteiger partial charge on any atom is -0.489 e. The summed E-state index contributed by atoms with van der Waals surface area (Å²) in [5.74, 6) is 0.601. The Morgan fingerprint density at radius 1 is 0.966 bits per heavy atom. The molecule has 0 radical (unpaired) electrons. The number of allylic oxidation sites excluding steroid dienone is 1. The maximum absolute atomic E-state index is 12.8. The Kier molecular flexibility index (Phi) is 6.16. The highest BCUT2D eigenvalue weighted by molar-refractivity contribution is 7.95. The summed E-state index contributed by atoms with van der Waals surface area (Å²) in [6, 6.07) is 23.3. The molecule has 0 aliphatic carbocycles. The molecule has 3 aromatic carbocycles. The number of sulfone groups is 1. The summed E-state index contributed by atoms with van der Waals surface area (Å²) in [5.41, 5.74) is 3.75. The third-order valence-corrected chi connectivity index (χ3v) is 6.09. The second-order valence-corrected chi connectivity index (χ2v) is 8.70. The van der Waals surface area contributed by atoms with Crippen molar-refractivity contribution in [2.45, 2.75) is 25.3 Å². The quantitative estimate of drug-likeness (QED) is 0.529. The standard InChI is InChI=1S/C24H21NO3S/c1-18-6-10-20(11-7-18)17-28-22-5-3-4-21(14-22)15-24(16-25)29(26,27)23-12-8-19(2)9-13-23/h3-15H,17H2,1-2H3/b24-15+. The van der Waals surface area contributed by atoms with Crippen LogP contribution in [0.15, 0.2) is 82.6 Å². The first-order valence-electron chi connectivity index (χ1n) is 9.10. The Morgan fingerprint density at radius 2 is 1.59 bits per heavy atom. The number of hydrogen-bond acceptors (Lipinski definition) is 4. The lowest BCUT2D eigenvalue weighted by Crippen LogP contribution is -2.03. The average Bonchev–Trinajstić information content (AvgIpc) is 2.72. The van der Waals surface area contributed by atoms with Crippen LogP contribution in [-0.2, 0) is 16.4 Å². The summed E-state index contributed by atoms with van der Waals surface area (Å²) in [5, 5.41) is 9.45. The molecule has 0 bridgehead atoms. The Balaban J connectivity index is 1.82. The van der Waals surface area contributed by atoms with Gasteiger partial charge in [0.05, 0.1) is 4.90 Å². The molecule has 0 heterocycles. The van der Waals surface area contributed by atoms with E-state index in [2.05, 4.69) is 0 Å². The van der Waals surface area contributed by atoms with Gasteiger partial charge in [0.15, 0.2) is 0 Å². The first-order valence-corrected chi connectivity index (χ1v) is 10.6. The molecule has 5 heteroatoms. The van der Waals surface area contributed by atoms with Crippen LogP contribution in [0.5, 0.6) is 5.75 Å². The van der Waals surface area contributed by atoms with E-state index < -0.39 is 9.84 Å². The van der Waals surface area contributed by atoms with Gasteiger partial charge in [-0.1, -0.05) is 59.7 Å². The zero-order valence-corrected chi connectivity index (χ0v) is 17.1. The molecular weight excluding hydrogens is 382 g/mol. The highest BCUT2D eigenvalue weighted by Gasteiger charge is 2.20. The summed E-state index contributed by atoms with van der Waals surface area (Å²) >= 11 is 0. The Labute approximate surface area is 171 Å². The fourth-order valence-electron chi connectivity index (χ4n) is 2.71. The van der Waals surface area contributed by atoms with Crippen molar-refractivity contribution < 1.29 is 13.2 Å². The third kappa shape index (κ3) is 5.13. The molecule has 29 heavy (non-hydrogen) atoms. The van der Waals surface area contributed by atoms with Crippen molar-refractivity contribution in [3.8, 4) is 11.8 Å². The van der Waals surface area contributed by atoms with Gasteiger partial charge in [0.25, 0.3) is 0 Å². The predicted octanol–water partition coefficient (Wildman–Crippen LogP) is 5.22. The lowest BCUT2D eigenvalue weighted by molar-refractivity contribution is 0.306. The van der Waals surface area contributed by atoms with E-state index in [4.69, 9.17) is 4.74 Å². The van der Waals surface area contributed by atoms with Gasteiger partial charge in [-0.05, 0) is 55.3 Å². The molecule has 0 amide bonds.